The van der Waals surface area contributed by atoms with E-state index in [4.69, 9.17) is 0 Å². The summed E-state index contributed by atoms with van der Waals surface area (Å²) in [4.78, 5) is 2.55. The van der Waals surface area contributed by atoms with E-state index in [1.54, 1.807) is 0 Å². The second-order valence-electron chi connectivity index (χ2n) is 18.8. The number of hydrogen-bond acceptors (Lipinski definition) is 1. The largest absolute Gasteiger partial charge is 0.335 e. The van der Waals surface area contributed by atoms with Gasteiger partial charge in [0.15, 0.2) is 0 Å². The number of anilines is 1. The first kappa shape index (κ1) is 39.5. The lowest BCUT2D eigenvalue weighted by atomic mass is 9.89. The van der Waals surface area contributed by atoms with Gasteiger partial charge in [-0.15, -0.1) is 0 Å². The molecule has 12 aromatic rings. The summed E-state index contributed by atoms with van der Waals surface area (Å²) in [6.45, 7) is 0. The van der Waals surface area contributed by atoms with Crippen molar-refractivity contribution in [2.75, 3.05) is 4.90 Å². The minimum absolute atomic E-state index is 0.144. The van der Waals surface area contributed by atoms with E-state index in [2.05, 4.69) is 263 Å². The predicted molar refractivity (Wildman–Crippen MR) is 292 cm³/mol. The Labute approximate surface area is 401 Å². The van der Waals surface area contributed by atoms with Crippen molar-refractivity contribution >= 4 is 71.2 Å². The minimum atomic E-state index is 0.144. The van der Waals surface area contributed by atoms with E-state index in [9.17, 15) is 0 Å². The monoisotopic (exact) mass is 881 g/mol. The zero-order chi connectivity index (χ0) is 45.4. The van der Waals surface area contributed by atoms with Gasteiger partial charge in [0.25, 0.3) is 0 Å². The summed E-state index contributed by atoms with van der Waals surface area (Å²) in [5.41, 5.74) is 18.7. The fourth-order valence-electron chi connectivity index (χ4n) is 11.6. The summed E-state index contributed by atoms with van der Waals surface area (Å²) in [5.74, 6) is 0.286. The number of rotatable bonds is 8. The Bertz CT molecular complexity index is 4050. The van der Waals surface area contributed by atoms with Crippen molar-refractivity contribution in [2.24, 2.45) is 0 Å². The molecular weight excluding hydrogens is 835 g/mol. The molecule has 3 heterocycles. The molecule has 0 saturated heterocycles. The molecule has 9 aromatic carbocycles. The van der Waals surface area contributed by atoms with Crippen LogP contribution in [0.1, 0.15) is 29.9 Å². The molecule has 2 aliphatic carbocycles. The maximum atomic E-state index is 2.55. The van der Waals surface area contributed by atoms with Gasteiger partial charge in [0.2, 0.25) is 0 Å². The Hall–Kier alpha value is -8.66. The SMILES string of the molecule is C1=CC(N(C2=CCC(c3ccc4c(c3)c3cccc5c6ccccc6n4c53)C=C2)c2ccc(-c3ccc(-c4ccccc4)cc3)cc2)CC=C1c1ccc2c(c1)c1ccccc1n2-c1ccccc1. The molecule has 2 unspecified atom stereocenters. The van der Waals surface area contributed by atoms with Crippen molar-refractivity contribution in [1.29, 1.82) is 0 Å². The van der Waals surface area contributed by atoms with Gasteiger partial charge in [0.1, 0.15) is 0 Å². The number of benzene rings is 9. The summed E-state index contributed by atoms with van der Waals surface area (Å²) in [7, 11) is 0. The molecule has 14 rings (SSSR count). The van der Waals surface area contributed by atoms with Crippen LogP contribution in [0.2, 0.25) is 0 Å². The molecule has 69 heavy (non-hydrogen) atoms. The van der Waals surface area contributed by atoms with Gasteiger partial charge in [0, 0.05) is 55.3 Å². The van der Waals surface area contributed by atoms with Crippen LogP contribution in [0.3, 0.4) is 0 Å². The van der Waals surface area contributed by atoms with E-state index in [-0.39, 0.29) is 12.0 Å². The summed E-state index contributed by atoms with van der Waals surface area (Å²) in [6.07, 6.45) is 16.3. The highest BCUT2D eigenvalue weighted by atomic mass is 15.2. The number of fused-ring (bicyclic) bond motifs is 9. The molecule has 0 radical (unpaired) electrons. The van der Waals surface area contributed by atoms with Crippen LogP contribution in [0.15, 0.2) is 254 Å². The normalized spacial score (nSPS) is 16.1. The average molecular weight is 882 g/mol. The average Bonchev–Trinajstić information content (AvgIpc) is 4.07. The lowest BCUT2D eigenvalue weighted by molar-refractivity contribution is 0.746. The van der Waals surface area contributed by atoms with E-state index in [0.29, 0.717) is 0 Å². The molecule has 0 bridgehead atoms. The maximum Gasteiger partial charge on any atom is 0.0620 e. The van der Waals surface area contributed by atoms with Crippen molar-refractivity contribution in [3.05, 3.63) is 266 Å². The first-order valence-corrected chi connectivity index (χ1v) is 24.3. The topological polar surface area (TPSA) is 12.6 Å². The van der Waals surface area contributed by atoms with E-state index >= 15 is 0 Å². The predicted octanol–water partition coefficient (Wildman–Crippen LogP) is 17.1. The Kier molecular flexibility index (Phi) is 9.16. The second kappa shape index (κ2) is 16.0. The van der Waals surface area contributed by atoms with Gasteiger partial charge >= 0.3 is 0 Å². The van der Waals surface area contributed by atoms with E-state index in [0.717, 1.165) is 12.8 Å². The fraction of sp³-hybridized carbons (Fsp3) is 0.0606. The molecule has 2 atom stereocenters. The van der Waals surface area contributed by atoms with Crippen LogP contribution in [0.5, 0.6) is 0 Å². The number of allylic oxidation sites excluding steroid dienone is 5. The number of aromatic nitrogens is 2. The zero-order valence-corrected chi connectivity index (χ0v) is 38.1. The number of para-hydroxylation sites is 4. The molecule has 3 aromatic heterocycles. The molecule has 3 nitrogen and oxygen atoms in total. The summed E-state index contributed by atoms with van der Waals surface area (Å²) in [5, 5.41) is 7.84. The maximum absolute atomic E-state index is 2.55. The van der Waals surface area contributed by atoms with Crippen LogP contribution in [0, 0.1) is 0 Å². The van der Waals surface area contributed by atoms with Crippen molar-refractivity contribution in [1.82, 2.24) is 8.97 Å². The van der Waals surface area contributed by atoms with Crippen molar-refractivity contribution in [2.45, 2.75) is 24.8 Å². The Morgan fingerprint density at radius 1 is 0.391 bits per heavy atom. The minimum Gasteiger partial charge on any atom is -0.335 e. The smallest absolute Gasteiger partial charge is 0.0620 e. The standard InChI is InChI=1S/C66H47N3/c1-3-12-44(13-4-1)45-22-24-46(25-23-45)47-26-34-53(35-27-47)67(54-36-28-48(29-37-54)50-32-40-64-60(42-50)57-17-8-9-20-62(57)68(64)52-14-5-2-6-15-52)55-38-30-49(31-39-55)51-33-41-65-61(43-51)59-19-11-18-58-56-16-7-10-21-63(56)69(65)66(58)59/h1-30,32-36,38-43,49,54H,31,37H2. The number of nitrogens with zero attached hydrogens (tertiary/aromatic N) is 3. The highest BCUT2D eigenvalue weighted by Crippen LogP contribution is 2.42. The third-order valence-corrected chi connectivity index (χ3v) is 14.9. The van der Waals surface area contributed by atoms with Gasteiger partial charge in [0.05, 0.1) is 33.6 Å². The lowest BCUT2D eigenvalue weighted by Crippen LogP contribution is -2.34. The van der Waals surface area contributed by atoms with E-state index in [1.165, 1.54) is 116 Å². The Morgan fingerprint density at radius 2 is 0.957 bits per heavy atom. The van der Waals surface area contributed by atoms with Crippen molar-refractivity contribution in [3.63, 3.8) is 0 Å². The molecule has 0 fully saturated rings. The Balaban J connectivity index is 0.788. The third kappa shape index (κ3) is 6.49. The van der Waals surface area contributed by atoms with Crippen molar-refractivity contribution < 1.29 is 0 Å². The molecular formula is C66H47N3. The van der Waals surface area contributed by atoms with Gasteiger partial charge in [-0.2, -0.15) is 0 Å². The van der Waals surface area contributed by atoms with Gasteiger partial charge in [-0.25, -0.2) is 0 Å². The quantitative estimate of drug-likeness (QED) is 0.148. The molecule has 0 saturated carbocycles. The first-order valence-electron chi connectivity index (χ1n) is 24.3. The molecule has 2 aliphatic rings. The highest BCUT2D eigenvalue weighted by Gasteiger charge is 2.25. The van der Waals surface area contributed by atoms with Crippen LogP contribution in [0.25, 0.3) is 93.4 Å². The van der Waals surface area contributed by atoms with Gasteiger partial charge < -0.3 is 13.9 Å². The Morgan fingerprint density at radius 3 is 1.67 bits per heavy atom. The summed E-state index contributed by atoms with van der Waals surface area (Å²) < 4.78 is 4.86. The lowest BCUT2D eigenvalue weighted by Gasteiger charge is -2.35. The van der Waals surface area contributed by atoms with E-state index < -0.39 is 0 Å². The van der Waals surface area contributed by atoms with E-state index in [1.807, 2.05) is 0 Å². The van der Waals surface area contributed by atoms with Crippen LogP contribution in [-0.2, 0) is 0 Å². The molecule has 3 heteroatoms. The molecule has 0 amide bonds. The van der Waals surface area contributed by atoms with Crippen LogP contribution in [-0.4, -0.2) is 15.0 Å². The second-order valence-corrected chi connectivity index (χ2v) is 18.8. The molecule has 0 spiro atoms. The first-order chi connectivity index (χ1) is 34.2. The zero-order valence-electron chi connectivity index (χ0n) is 38.1. The van der Waals surface area contributed by atoms with Crippen LogP contribution in [0.4, 0.5) is 5.69 Å². The third-order valence-electron chi connectivity index (χ3n) is 14.9. The van der Waals surface area contributed by atoms with Crippen LogP contribution >= 0.6 is 0 Å². The van der Waals surface area contributed by atoms with Gasteiger partial charge in [-0.1, -0.05) is 182 Å². The molecule has 0 N–H and O–H groups in total. The van der Waals surface area contributed by atoms with Gasteiger partial charge in [-0.05, 0) is 119 Å². The van der Waals surface area contributed by atoms with Crippen LogP contribution < -0.4 is 4.90 Å². The highest BCUT2D eigenvalue weighted by molar-refractivity contribution is 6.23. The molecule has 326 valence electrons. The fourth-order valence-corrected chi connectivity index (χ4v) is 11.6. The molecule has 0 aliphatic heterocycles. The number of hydrogen-bond donors (Lipinski definition) is 0. The van der Waals surface area contributed by atoms with Gasteiger partial charge in [-0.3, -0.25) is 0 Å². The van der Waals surface area contributed by atoms with Crippen molar-refractivity contribution in [3.8, 4) is 27.9 Å². The summed E-state index contributed by atoms with van der Waals surface area (Å²) >= 11 is 0. The summed E-state index contributed by atoms with van der Waals surface area (Å²) in [6, 6.07) is 78.1.